The Morgan fingerprint density at radius 1 is 1.09 bits per heavy atom. The summed E-state index contributed by atoms with van der Waals surface area (Å²) in [5.74, 6) is 0.948. The molecule has 12 heteroatoms. The van der Waals surface area contributed by atoms with Crippen molar-refractivity contribution in [2.24, 2.45) is 0 Å². The molecule has 2 aliphatic heterocycles. The molecule has 2 fully saturated rings. The molecular weight excluding hydrogens is 600 g/mol. The summed E-state index contributed by atoms with van der Waals surface area (Å²) in [4.78, 5) is 35.4. The number of carbonyl (C=O) groups excluding carboxylic acids is 1. The Labute approximate surface area is 272 Å². The number of nitrogens with one attached hydrogen (secondary N) is 3. The first-order chi connectivity index (χ1) is 22.3. The topological polar surface area (TPSA) is 121 Å². The zero-order valence-corrected chi connectivity index (χ0v) is 27.3. The lowest BCUT2D eigenvalue weighted by molar-refractivity contribution is 0.0470. The number of aromatic nitrogens is 4. The number of carbonyl (C=O) groups is 1. The molecule has 46 heavy (non-hydrogen) atoms. The number of ether oxygens (including phenoxy) is 2. The van der Waals surface area contributed by atoms with E-state index in [9.17, 15) is 4.79 Å². The Hall–Kier alpha value is -4.26. The molecule has 7 rings (SSSR count). The molecule has 5 aromatic rings. The van der Waals surface area contributed by atoms with Crippen LogP contribution in [0.25, 0.3) is 32.5 Å². The molecule has 0 spiro atoms. The van der Waals surface area contributed by atoms with Crippen molar-refractivity contribution in [1.29, 1.82) is 0 Å². The second kappa shape index (κ2) is 12.9. The SMILES string of the molecule is CC(C)(C)OC(=O)N[C@@H]1CCCN(Cc2cc3nccc(Nc4ccc(-c5cc6c(N7CCOCC7)ncnc6[nH]5)cc4)c3s2)C1. The molecule has 6 heterocycles. The predicted molar refractivity (Wildman–Crippen MR) is 183 cm³/mol. The molecule has 4 aromatic heterocycles. The Kier molecular flexibility index (Phi) is 8.50. The van der Waals surface area contributed by atoms with Gasteiger partial charge < -0.3 is 30.0 Å². The molecule has 240 valence electrons. The van der Waals surface area contributed by atoms with Gasteiger partial charge in [0.15, 0.2) is 0 Å². The standard InChI is InChI=1S/C34H40N8O3S/c1-34(2,3)45-33(43)39-24-5-4-12-41(19-24)20-25-17-29-30(46-25)27(10-11-35-29)38-23-8-6-22(7-9-23)28-18-26-31(40-28)36-21-37-32(26)42-13-15-44-16-14-42/h6-11,17-18,21,24H,4-5,12-16,19-20H2,1-3H3,(H,35,38)(H,39,43)(H,36,37,40)/t24-/m1/s1. The van der Waals surface area contributed by atoms with Crippen molar-refractivity contribution in [2.75, 3.05) is 49.6 Å². The Morgan fingerprint density at radius 2 is 1.91 bits per heavy atom. The van der Waals surface area contributed by atoms with Crippen molar-refractivity contribution in [1.82, 2.24) is 30.2 Å². The van der Waals surface area contributed by atoms with Gasteiger partial charge in [-0.05, 0) is 76.1 Å². The zero-order chi connectivity index (χ0) is 31.7. The highest BCUT2D eigenvalue weighted by Crippen LogP contribution is 2.35. The molecule has 11 nitrogen and oxygen atoms in total. The fourth-order valence-electron chi connectivity index (χ4n) is 6.17. The number of morpholine rings is 1. The number of hydrogen-bond acceptors (Lipinski definition) is 10. The minimum Gasteiger partial charge on any atom is -0.444 e. The van der Waals surface area contributed by atoms with Crippen LogP contribution in [0.2, 0.25) is 0 Å². The van der Waals surface area contributed by atoms with E-state index in [1.165, 1.54) is 4.88 Å². The predicted octanol–water partition coefficient (Wildman–Crippen LogP) is 6.30. The maximum atomic E-state index is 12.3. The molecule has 2 saturated heterocycles. The summed E-state index contributed by atoms with van der Waals surface area (Å²) in [5.41, 5.74) is 5.44. The van der Waals surface area contributed by atoms with Crippen molar-refractivity contribution in [3.8, 4) is 11.3 Å². The monoisotopic (exact) mass is 640 g/mol. The summed E-state index contributed by atoms with van der Waals surface area (Å²) in [6.07, 6.45) is 5.13. The smallest absolute Gasteiger partial charge is 0.407 e. The number of thiophene rings is 1. The van der Waals surface area contributed by atoms with E-state index < -0.39 is 5.60 Å². The van der Waals surface area contributed by atoms with Gasteiger partial charge >= 0.3 is 6.09 Å². The molecule has 1 atom stereocenters. The number of piperidine rings is 1. The maximum absolute atomic E-state index is 12.3. The van der Waals surface area contributed by atoms with E-state index in [0.29, 0.717) is 13.2 Å². The van der Waals surface area contributed by atoms with E-state index in [1.54, 1.807) is 17.7 Å². The van der Waals surface area contributed by atoms with Crippen LogP contribution in [0.3, 0.4) is 0 Å². The molecule has 0 unspecified atom stereocenters. The van der Waals surface area contributed by atoms with Crippen molar-refractivity contribution < 1.29 is 14.3 Å². The summed E-state index contributed by atoms with van der Waals surface area (Å²) >= 11 is 1.77. The quantitative estimate of drug-likeness (QED) is 0.188. The van der Waals surface area contributed by atoms with E-state index in [-0.39, 0.29) is 12.1 Å². The largest absolute Gasteiger partial charge is 0.444 e. The zero-order valence-electron chi connectivity index (χ0n) is 26.5. The number of rotatable bonds is 7. The normalized spacial score (nSPS) is 17.8. The highest BCUT2D eigenvalue weighted by atomic mass is 32.1. The number of fused-ring (bicyclic) bond motifs is 2. The molecular formula is C34H40N8O3S. The molecule has 1 amide bonds. The first kappa shape index (κ1) is 30.4. The number of aromatic amines is 1. The van der Waals surface area contributed by atoms with Crippen molar-refractivity contribution >= 4 is 55.9 Å². The van der Waals surface area contributed by atoms with Crippen molar-refractivity contribution in [3.63, 3.8) is 0 Å². The van der Waals surface area contributed by atoms with E-state index in [2.05, 4.69) is 76.8 Å². The summed E-state index contributed by atoms with van der Waals surface area (Å²) in [6.45, 7) is 11.4. The minimum absolute atomic E-state index is 0.0837. The molecule has 0 aliphatic carbocycles. The van der Waals surface area contributed by atoms with Gasteiger partial charge in [-0.15, -0.1) is 11.3 Å². The average Bonchev–Trinajstić information content (AvgIpc) is 3.66. The number of benzene rings is 1. The maximum Gasteiger partial charge on any atom is 0.407 e. The molecule has 0 bridgehead atoms. The number of nitrogens with zero attached hydrogens (tertiary/aromatic N) is 5. The second-order valence-electron chi connectivity index (χ2n) is 13.0. The lowest BCUT2D eigenvalue weighted by Gasteiger charge is -2.33. The van der Waals surface area contributed by atoms with Gasteiger partial charge in [0.25, 0.3) is 0 Å². The van der Waals surface area contributed by atoms with Crippen LogP contribution >= 0.6 is 11.3 Å². The average molecular weight is 641 g/mol. The van der Waals surface area contributed by atoms with E-state index in [1.807, 2.05) is 33.0 Å². The van der Waals surface area contributed by atoms with Gasteiger partial charge in [0.05, 0.1) is 34.5 Å². The highest BCUT2D eigenvalue weighted by Gasteiger charge is 2.25. The van der Waals surface area contributed by atoms with Crippen LogP contribution in [-0.2, 0) is 16.0 Å². The van der Waals surface area contributed by atoms with Crippen molar-refractivity contribution in [3.05, 3.63) is 59.9 Å². The minimum atomic E-state index is -0.503. The first-order valence-corrected chi connectivity index (χ1v) is 16.7. The third-order valence-corrected chi connectivity index (χ3v) is 9.40. The van der Waals surface area contributed by atoms with Gasteiger partial charge in [-0.3, -0.25) is 9.88 Å². The van der Waals surface area contributed by atoms with Gasteiger partial charge in [0, 0.05) is 54.7 Å². The number of amides is 1. The highest BCUT2D eigenvalue weighted by molar-refractivity contribution is 7.19. The van der Waals surface area contributed by atoms with Gasteiger partial charge in [0.2, 0.25) is 0 Å². The van der Waals surface area contributed by atoms with Crippen LogP contribution in [0.1, 0.15) is 38.5 Å². The van der Waals surface area contributed by atoms with E-state index in [4.69, 9.17) is 9.47 Å². The van der Waals surface area contributed by atoms with Gasteiger partial charge in [-0.1, -0.05) is 12.1 Å². The number of anilines is 3. The first-order valence-electron chi connectivity index (χ1n) is 15.9. The van der Waals surface area contributed by atoms with E-state index >= 15 is 0 Å². The third kappa shape index (κ3) is 6.93. The molecule has 3 N–H and O–H groups in total. The van der Waals surface area contributed by atoms with Crippen LogP contribution in [0.5, 0.6) is 0 Å². The summed E-state index contributed by atoms with van der Waals surface area (Å²) < 4.78 is 12.1. The van der Waals surface area contributed by atoms with Crippen LogP contribution in [0.4, 0.5) is 22.0 Å². The fraction of sp³-hybridized carbons (Fsp3) is 0.412. The Bertz CT molecular complexity index is 1820. The van der Waals surface area contributed by atoms with E-state index in [0.717, 1.165) is 95.3 Å². The van der Waals surface area contributed by atoms with Gasteiger partial charge in [0.1, 0.15) is 23.4 Å². The van der Waals surface area contributed by atoms with Gasteiger partial charge in [-0.25, -0.2) is 14.8 Å². The number of pyridine rings is 1. The number of H-pyrrole nitrogens is 1. The van der Waals surface area contributed by atoms with Crippen LogP contribution in [-0.4, -0.2) is 82.0 Å². The molecule has 2 aliphatic rings. The number of alkyl carbamates (subject to hydrolysis) is 1. The van der Waals surface area contributed by atoms with Crippen LogP contribution in [0.15, 0.2) is 55.0 Å². The summed E-state index contributed by atoms with van der Waals surface area (Å²) in [5, 5.41) is 7.69. The second-order valence-corrected chi connectivity index (χ2v) is 14.1. The Balaban J connectivity index is 1.02. The summed E-state index contributed by atoms with van der Waals surface area (Å²) in [7, 11) is 0. The fourth-order valence-corrected chi connectivity index (χ4v) is 7.30. The molecule has 1 aromatic carbocycles. The van der Waals surface area contributed by atoms with Gasteiger partial charge in [-0.2, -0.15) is 0 Å². The third-order valence-electron chi connectivity index (χ3n) is 8.26. The lowest BCUT2D eigenvalue weighted by Crippen LogP contribution is -2.48. The number of hydrogen-bond donors (Lipinski definition) is 3. The Morgan fingerprint density at radius 3 is 2.72 bits per heavy atom. The molecule has 0 saturated carbocycles. The number of likely N-dealkylation sites (tertiary alicyclic amines) is 1. The lowest BCUT2D eigenvalue weighted by atomic mass is 10.1. The van der Waals surface area contributed by atoms with Crippen LogP contribution in [0, 0.1) is 0 Å². The van der Waals surface area contributed by atoms with Crippen molar-refractivity contribution in [2.45, 2.75) is 51.8 Å². The molecule has 0 radical (unpaired) electrons. The van der Waals surface area contributed by atoms with Crippen LogP contribution < -0.4 is 15.5 Å². The summed E-state index contributed by atoms with van der Waals surface area (Å²) in [6, 6.07) is 14.9.